The van der Waals surface area contributed by atoms with Crippen molar-refractivity contribution in [2.75, 3.05) is 0 Å². The molecular weight excluding hydrogens is 312 g/mol. The Labute approximate surface area is 135 Å². The van der Waals surface area contributed by atoms with Crippen LogP contribution in [0.5, 0.6) is 0 Å². The quantitative estimate of drug-likeness (QED) is 0.505. The lowest BCUT2D eigenvalue weighted by Gasteiger charge is -2.06. The summed E-state index contributed by atoms with van der Waals surface area (Å²) in [7, 11) is 0. The molecule has 0 unspecified atom stereocenters. The number of rotatable bonds is 3. The molecule has 0 bridgehead atoms. The minimum atomic E-state index is -0.575. The molecule has 0 spiro atoms. The number of hydrogen-bond donors (Lipinski definition) is 3. The number of nitro benzene ring substituents is 1. The molecule has 8 nitrogen and oxygen atoms in total. The molecule has 0 fully saturated rings. The van der Waals surface area contributed by atoms with Crippen molar-refractivity contribution in [3.05, 3.63) is 76.0 Å². The fraction of sp³-hybridized carbons (Fsp3) is 0. The van der Waals surface area contributed by atoms with Gasteiger partial charge in [0.15, 0.2) is 0 Å². The van der Waals surface area contributed by atoms with E-state index < -0.39 is 16.7 Å². The van der Waals surface area contributed by atoms with E-state index in [-0.39, 0.29) is 11.3 Å². The molecule has 1 heterocycles. The highest BCUT2D eigenvalue weighted by Gasteiger charge is 2.12. The first-order valence-electron chi connectivity index (χ1n) is 6.97. The van der Waals surface area contributed by atoms with E-state index >= 15 is 0 Å². The van der Waals surface area contributed by atoms with Crippen LogP contribution in [0.15, 0.2) is 54.6 Å². The van der Waals surface area contributed by atoms with Gasteiger partial charge in [0.2, 0.25) is 0 Å². The molecule has 24 heavy (non-hydrogen) atoms. The lowest BCUT2D eigenvalue weighted by molar-refractivity contribution is -0.384. The smallest absolute Gasteiger partial charge is 0.286 e. The third-order valence-electron chi connectivity index (χ3n) is 3.40. The monoisotopic (exact) mass is 324 g/mol. The van der Waals surface area contributed by atoms with E-state index in [2.05, 4.69) is 15.8 Å². The highest BCUT2D eigenvalue weighted by Crippen LogP contribution is 2.14. The molecule has 120 valence electrons. The second-order valence-corrected chi connectivity index (χ2v) is 4.98. The number of amides is 2. The summed E-state index contributed by atoms with van der Waals surface area (Å²) in [6.07, 6.45) is 0. The lowest BCUT2D eigenvalue weighted by Crippen LogP contribution is -2.41. The summed E-state index contributed by atoms with van der Waals surface area (Å²) in [6, 6.07) is 14.1. The average molecular weight is 324 g/mol. The van der Waals surface area contributed by atoms with Gasteiger partial charge in [-0.15, -0.1) is 0 Å². The van der Waals surface area contributed by atoms with E-state index in [1.54, 1.807) is 6.07 Å². The van der Waals surface area contributed by atoms with Crippen molar-refractivity contribution in [2.45, 2.75) is 0 Å². The molecule has 0 aliphatic carbocycles. The Morgan fingerprint density at radius 2 is 1.62 bits per heavy atom. The number of aromatic nitrogens is 1. The Balaban J connectivity index is 1.64. The summed E-state index contributed by atoms with van der Waals surface area (Å²) in [5.41, 5.74) is 5.74. The molecular formula is C16H12N4O4. The number of para-hydroxylation sites is 1. The predicted octanol–water partition coefficient (Wildman–Crippen LogP) is 2.15. The van der Waals surface area contributed by atoms with E-state index in [1.807, 2.05) is 24.3 Å². The fourth-order valence-corrected chi connectivity index (χ4v) is 2.18. The van der Waals surface area contributed by atoms with Gasteiger partial charge in [0.1, 0.15) is 5.69 Å². The van der Waals surface area contributed by atoms with Gasteiger partial charge in [-0.2, -0.15) is 0 Å². The van der Waals surface area contributed by atoms with Crippen LogP contribution in [0.2, 0.25) is 0 Å². The molecule has 0 aliphatic rings. The Bertz CT molecular complexity index is 898. The van der Waals surface area contributed by atoms with Crippen LogP contribution in [0.3, 0.4) is 0 Å². The molecule has 0 aliphatic heterocycles. The van der Waals surface area contributed by atoms with Gasteiger partial charge >= 0.3 is 0 Å². The summed E-state index contributed by atoms with van der Waals surface area (Å²) < 4.78 is 0. The summed E-state index contributed by atoms with van der Waals surface area (Å²) in [5.74, 6) is -1.07. The number of benzene rings is 2. The van der Waals surface area contributed by atoms with Crippen LogP contribution in [0, 0.1) is 10.1 Å². The van der Waals surface area contributed by atoms with Crippen molar-refractivity contribution in [1.82, 2.24) is 15.8 Å². The summed E-state index contributed by atoms with van der Waals surface area (Å²) in [4.78, 5) is 36.9. The zero-order valence-electron chi connectivity index (χ0n) is 12.3. The number of nitrogens with one attached hydrogen (secondary N) is 3. The third kappa shape index (κ3) is 3.07. The van der Waals surface area contributed by atoms with Gasteiger partial charge in [0.05, 0.1) is 4.92 Å². The number of fused-ring (bicyclic) bond motifs is 1. The highest BCUT2D eigenvalue weighted by atomic mass is 16.6. The van der Waals surface area contributed by atoms with Crippen molar-refractivity contribution in [3.8, 4) is 0 Å². The third-order valence-corrected chi connectivity index (χ3v) is 3.40. The first-order valence-corrected chi connectivity index (χ1v) is 6.97. The summed E-state index contributed by atoms with van der Waals surface area (Å²) in [5, 5.41) is 11.5. The molecule has 2 amide bonds. The number of carbonyl (C=O) groups excluding carboxylic acids is 2. The van der Waals surface area contributed by atoms with Crippen molar-refractivity contribution in [2.24, 2.45) is 0 Å². The number of hydrogen-bond acceptors (Lipinski definition) is 4. The maximum absolute atomic E-state index is 12.0. The molecule has 3 N–H and O–H groups in total. The van der Waals surface area contributed by atoms with Gasteiger partial charge in [0, 0.05) is 28.6 Å². The SMILES string of the molecule is O=C(NNC(=O)c1cc2ccccc2[nH]1)c1ccc([N+](=O)[O-])cc1. The van der Waals surface area contributed by atoms with Gasteiger partial charge < -0.3 is 4.98 Å². The van der Waals surface area contributed by atoms with Gasteiger partial charge in [-0.3, -0.25) is 30.6 Å². The normalized spacial score (nSPS) is 10.3. The zero-order chi connectivity index (χ0) is 17.1. The van der Waals surface area contributed by atoms with E-state index in [4.69, 9.17) is 0 Å². The number of H-pyrrole nitrogens is 1. The van der Waals surface area contributed by atoms with Crippen LogP contribution in [0.25, 0.3) is 10.9 Å². The van der Waals surface area contributed by atoms with Crippen molar-refractivity contribution < 1.29 is 14.5 Å². The number of aromatic amines is 1. The largest absolute Gasteiger partial charge is 0.350 e. The molecule has 2 aromatic carbocycles. The summed E-state index contributed by atoms with van der Waals surface area (Å²) in [6.45, 7) is 0. The van der Waals surface area contributed by atoms with Gasteiger partial charge in [-0.25, -0.2) is 0 Å². The maximum atomic E-state index is 12.0. The number of hydrazine groups is 1. The van der Waals surface area contributed by atoms with Crippen LogP contribution < -0.4 is 10.9 Å². The number of non-ortho nitro benzene ring substituents is 1. The van der Waals surface area contributed by atoms with Crippen molar-refractivity contribution in [1.29, 1.82) is 0 Å². The van der Waals surface area contributed by atoms with Crippen molar-refractivity contribution in [3.63, 3.8) is 0 Å². The van der Waals surface area contributed by atoms with Crippen LogP contribution in [0.4, 0.5) is 5.69 Å². The van der Waals surface area contributed by atoms with Crippen LogP contribution in [-0.2, 0) is 0 Å². The van der Waals surface area contributed by atoms with E-state index in [0.717, 1.165) is 10.9 Å². The zero-order valence-corrected chi connectivity index (χ0v) is 12.3. The topological polar surface area (TPSA) is 117 Å². The maximum Gasteiger partial charge on any atom is 0.286 e. The van der Waals surface area contributed by atoms with Crippen LogP contribution in [0.1, 0.15) is 20.8 Å². The standard InChI is InChI=1S/C16H12N4O4/c21-15(10-5-7-12(8-6-10)20(23)24)18-19-16(22)14-9-11-3-1-2-4-13(11)17-14/h1-9,17H,(H,18,21)(H,19,22). The minimum absolute atomic E-state index is 0.117. The minimum Gasteiger partial charge on any atom is -0.350 e. The molecule has 3 rings (SSSR count). The Kier molecular flexibility index (Phi) is 3.94. The predicted molar refractivity (Wildman–Crippen MR) is 86.3 cm³/mol. The van der Waals surface area contributed by atoms with Crippen LogP contribution >= 0.6 is 0 Å². The molecule has 1 aromatic heterocycles. The van der Waals surface area contributed by atoms with E-state index in [0.29, 0.717) is 5.69 Å². The second kappa shape index (κ2) is 6.21. The molecule has 8 heteroatoms. The lowest BCUT2D eigenvalue weighted by atomic mass is 10.2. The van der Waals surface area contributed by atoms with Gasteiger partial charge in [-0.1, -0.05) is 18.2 Å². The second-order valence-electron chi connectivity index (χ2n) is 4.98. The van der Waals surface area contributed by atoms with Gasteiger partial charge in [0.25, 0.3) is 17.5 Å². The Hall–Kier alpha value is -3.68. The Morgan fingerprint density at radius 3 is 2.29 bits per heavy atom. The highest BCUT2D eigenvalue weighted by molar-refractivity contribution is 6.00. The van der Waals surface area contributed by atoms with E-state index in [9.17, 15) is 19.7 Å². The number of nitrogens with zero attached hydrogens (tertiary/aromatic N) is 1. The first kappa shape index (κ1) is 15.2. The average Bonchev–Trinajstić information content (AvgIpc) is 3.03. The van der Waals surface area contributed by atoms with Gasteiger partial charge in [-0.05, 0) is 24.3 Å². The fourth-order valence-electron chi connectivity index (χ4n) is 2.18. The summed E-state index contributed by atoms with van der Waals surface area (Å²) >= 11 is 0. The number of nitro groups is 1. The molecule has 0 saturated carbocycles. The van der Waals surface area contributed by atoms with E-state index in [1.165, 1.54) is 24.3 Å². The molecule has 3 aromatic rings. The Morgan fingerprint density at radius 1 is 0.958 bits per heavy atom. The molecule has 0 saturated heterocycles. The molecule has 0 atom stereocenters. The van der Waals surface area contributed by atoms with Crippen molar-refractivity contribution >= 4 is 28.4 Å². The van der Waals surface area contributed by atoms with Crippen LogP contribution in [-0.4, -0.2) is 21.7 Å². The first-order chi connectivity index (χ1) is 11.5. The number of carbonyl (C=O) groups is 2. The molecule has 0 radical (unpaired) electrons.